The Morgan fingerprint density at radius 2 is 2.17 bits per heavy atom. The summed E-state index contributed by atoms with van der Waals surface area (Å²) in [5.41, 5.74) is 1.60. The number of hydrogen-bond acceptors (Lipinski definition) is 6. The number of carbonyl (C=O) groups is 1. The lowest BCUT2D eigenvalue weighted by Crippen LogP contribution is -2.29. The van der Waals surface area contributed by atoms with Crippen LogP contribution in [0.15, 0.2) is 35.7 Å². The van der Waals surface area contributed by atoms with Crippen molar-refractivity contribution in [3.05, 3.63) is 57.8 Å². The van der Waals surface area contributed by atoms with E-state index in [0.29, 0.717) is 11.5 Å². The molecule has 0 spiro atoms. The zero-order valence-corrected chi connectivity index (χ0v) is 14.1. The average molecular weight is 342 g/mol. The third-order valence-corrected chi connectivity index (χ3v) is 4.39. The lowest BCUT2D eigenvalue weighted by Gasteiger charge is -2.13. The summed E-state index contributed by atoms with van der Waals surface area (Å²) in [7, 11) is 0. The largest absolute Gasteiger partial charge is 0.340 e. The quantitative estimate of drug-likeness (QED) is 0.688. The molecule has 7 nitrogen and oxygen atoms in total. The van der Waals surface area contributed by atoms with E-state index in [1.165, 1.54) is 16.9 Å². The molecule has 0 aliphatic heterocycles. The molecular weight excluding hydrogens is 324 g/mol. The van der Waals surface area contributed by atoms with E-state index in [-0.39, 0.29) is 11.9 Å². The molecule has 1 unspecified atom stereocenters. The summed E-state index contributed by atoms with van der Waals surface area (Å²) in [5.74, 6) is 0.277. The van der Waals surface area contributed by atoms with Crippen LogP contribution >= 0.6 is 11.3 Å². The summed E-state index contributed by atoms with van der Waals surface area (Å²) in [6, 6.07) is 9.81. The minimum atomic E-state index is -0.263. The second-order valence-corrected chi connectivity index (χ2v) is 6.32. The summed E-state index contributed by atoms with van der Waals surface area (Å²) in [5, 5.41) is 19.5. The van der Waals surface area contributed by atoms with Crippen LogP contribution in [-0.2, 0) is 6.42 Å². The highest BCUT2D eigenvalue weighted by Crippen LogP contribution is 2.17. The zero-order chi connectivity index (χ0) is 16.8. The lowest BCUT2D eigenvalue weighted by atomic mass is 10.1. The van der Waals surface area contributed by atoms with Gasteiger partial charge in [-0.1, -0.05) is 48.9 Å². The van der Waals surface area contributed by atoms with Gasteiger partial charge in [0.2, 0.25) is 0 Å². The molecule has 3 rings (SSSR count). The van der Waals surface area contributed by atoms with Crippen LogP contribution in [0.2, 0.25) is 0 Å². The number of rotatable bonds is 7. The average Bonchev–Trinajstić information content (AvgIpc) is 3.27. The second-order valence-electron chi connectivity index (χ2n) is 5.37. The van der Waals surface area contributed by atoms with Crippen molar-refractivity contribution in [2.45, 2.75) is 32.2 Å². The molecule has 0 aliphatic rings. The molecule has 1 aromatic carbocycles. The first-order valence-electron chi connectivity index (χ1n) is 7.78. The number of nitrogens with zero attached hydrogens (tertiary/aromatic N) is 4. The molecule has 0 aliphatic carbocycles. The Labute approximate surface area is 143 Å². The minimum absolute atomic E-state index is 0.214. The van der Waals surface area contributed by atoms with E-state index in [2.05, 4.69) is 43.1 Å². The summed E-state index contributed by atoms with van der Waals surface area (Å²) >= 11 is 1.49. The van der Waals surface area contributed by atoms with Crippen LogP contribution in [0, 0.1) is 0 Å². The van der Waals surface area contributed by atoms with Crippen LogP contribution < -0.4 is 5.32 Å². The molecular formula is C16H18N6OS. The number of aromatic amines is 1. The predicted molar refractivity (Wildman–Crippen MR) is 90.7 cm³/mol. The number of amides is 1. The van der Waals surface area contributed by atoms with E-state index in [4.69, 9.17) is 0 Å². The zero-order valence-electron chi connectivity index (χ0n) is 13.3. The Balaban J connectivity index is 1.66. The summed E-state index contributed by atoms with van der Waals surface area (Å²) in [6.07, 6.45) is 2.37. The molecule has 0 saturated heterocycles. The van der Waals surface area contributed by atoms with Crippen LogP contribution in [0.25, 0.3) is 0 Å². The van der Waals surface area contributed by atoms with Crippen molar-refractivity contribution in [3.8, 4) is 0 Å². The molecule has 2 aromatic heterocycles. The molecule has 2 N–H and O–H groups in total. The highest BCUT2D eigenvalue weighted by atomic mass is 32.1. The molecule has 3 aromatic rings. The van der Waals surface area contributed by atoms with E-state index in [9.17, 15) is 4.79 Å². The SMILES string of the molecule is CCCC(NC(=O)c1csc(Cc2ccccc2)n1)c1nn[nH]n1. The van der Waals surface area contributed by atoms with E-state index in [1.54, 1.807) is 5.38 Å². The molecule has 0 fully saturated rings. The molecule has 0 saturated carbocycles. The standard InChI is InChI=1S/C16H18N6OS/c1-2-6-12(15-19-21-22-20-15)18-16(23)13-10-24-14(17-13)9-11-7-4-3-5-8-11/h3-5,7-8,10,12H,2,6,9H2,1H3,(H,18,23)(H,19,20,21,22). The topological polar surface area (TPSA) is 96.5 Å². The number of H-pyrrole nitrogens is 1. The van der Waals surface area contributed by atoms with Crippen molar-refractivity contribution >= 4 is 17.2 Å². The van der Waals surface area contributed by atoms with Gasteiger partial charge in [-0.25, -0.2) is 4.98 Å². The van der Waals surface area contributed by atoms with Crippen molar-refractivity contribution in [1.82, 2.24) is 30.9 Å². The van der Waals surface area contributed by atoms with Gasteiger partial charge in [0.05, 0.1) is 11.0 Å². The minimum Gasteiger partial charge on any atom is -0.340 e. The van der Waals surface area contributed by atoms with Gasteiger partial charge in [-0.15, -0.1) is 21.5 Å². The first-order valence-corrected chi connectivity index (χ1v) is 8.66. The number of benzene rings is 1. The number of nitrogens with one attached hydrogen (secondary N) is 2. The normalized spacial score (nSPS) is 12.0. The van der Waals surface area contributed by atoms with Gasteiger partial charge in [-0.2, -0.15) is 5.21 Å². The van der Waals surface area contributed by atoms with Crippen LogP contribution in [-0.4, -0.2) is 31.5 Å². The van der Waals surface area contributed by atoms with Gasteiger partial charge in [-0.05, 0) is 12.0 Å². The Morgan fingerprint density at radius 3 is 2.88 bits per heavy atom. The maximum Gasteiger partial charge on any atom is 0.271 e. The third-order valence-electron chi connectivity index (χ3n) is 3.54. The van der Waals surface area contributed by atoms with Gasteiger partial charge in [0.15, 0.2) is 5.82 Å². The number of aromatic nitrogens is 5. The van der Waals surface area contributed by atoms with Crippen LogP contribution in [0.5, 0.6) is 0 Å². The number of tetrazole rings is 1. The Kier molecular flexibility index (Phi) is 5.27. The highest BCUT2D eigenvalue weighted by molar-refractivity contribution is 7.09. The Bertz CT molecular complexity index is 771. The van der Waals surface area contributed by atoms with Gasteiger partial charge in [0.25, 0.3) is 5.91 Å². The fourth-order valence-corrected chi connectivity index (χ4v) is 3.18. The maximum absolute atomic E-state index is 12.4. The molecule has 24 heavy (non-hydrogen) atoms. The summed E-state index contributed by atoms with van der Waals surface area (Å²) < 4.78 is 0. The van der Waals surface area contributed by atoms with Crippen molar-refractivity contribution in [1.29, 1.82) is 0 Å². The van der Waals surface area contributed by atoms with Crippen molar-refractivity contribution in [2.24, 2.45) is 0 Å². The van der Waals surface area contributed by atoms with Crippen molar-refractivity contribution in [3.63, 3.8) is 0 Å². The number of hydrogen-bond donors (Lipinski definition) is 2. The monoisotopic (exact) mass is 342 g/mol. The second kappa shape index (κ2) is 7.78. The Morgan fingerprint density at radius 1 is 1.33 bits per heavy atom. The van der Waals surface area contributed by atoms with Gasteiger partial charge in [0, 0.05) is 11.8 Å². The van der Waals surface area contributed by atoms with E-state index < -0.39 is 0 Å². The molecule has 8 heteroatoms. The molecule has 0 radical (unpaired) electrons. The van der Waals surface area contributed by atoms with Gasteiger partial charge < -0.3 is 5.32 Å². The van der Waals surface area contributed by atoms with E-state index in [0.717, 1.165) is 24.3 Å². The smallest absolute Gasteiger partial charge is 0.271 e. The van der Waals surface area contributed by atoms with Gasteiger partial charge in [-0.3, -0.25) is 4.79 Å². The van der Waals surface area contributed by atoms with Gasteiger partial charge in [0.1, 0.15) is 5.69 Å². The third kappa shape index (κ3) is 4.02. The molecule has 2 heterocycles. The fraction of sp³-hybridized carbons (Fsp3) is 0.312. The fourth-order valence-electron chi connectivity index (χ4n) is 2.37. The first kappa shape index (κ1) is 16.3. The van der Waals surface area contributed by atoms with Crippen molar-refractivity contribution in [2.75, 3.05) is 0 Å². The highest BCUT2D eigenvalue weighted by Gasteiger charge is 2.20. The first-order chi connectivity index (χ1) is 11.8. The number of thiazole rings is 1. The lowest BCUT2D eigenvalue weighted by molar-refractivity contribution is 0.0928. The van der Waals surface area contributed by atoms with Crippen LogP contribution in [0.3, 0.4) is 0 Å². The van der Waals surface area contributed by atoms with Crippen LogP contribution in [0.1, 0.15) is 52.7 Å². The molecule has 0 bridgehead atoms. The van der Waals surface area contributed by atoms with E-state index in [1.807, 2.05) is 25.1 Å². The predicted octanol–water partition coefficient (Wildman–Crippen LogP) is 2.52. The Hall–Kier alpha value is -2.61. The van der Waals surface area contributed by atoms with Crippen LogP contribution in [0.4, 0.5) is 0 Å². The van der Waals surface area contributed by atoms with E-state index >= 15 is 0 Å². The van der Waals surface area contributed by atoms with Crippen molar-refractivity contribution < 1.29 is 4.79 Å². The molecule has 1 atom stereocenters. The maximum atomic E-state index is 12.4. The molecule has 124 valence electrons. The molecule has 1 amide bonds. The summed E-state index contributed by atoms with van der Waals surface area (Å²) in [6.45, 7) is 2.04. The number of carbonyl (C=O) groups excluding carboxylic acids is 1. The van der Waals surface area contributed by atoms with Gasteiger partial charge >= 0.3 is 0 Å². The summed E-state index contributed by atoms with van der Waals surface area (Å²) in [4.78, 5) is 16.9.